The molecule has 1 aliphatic heterocycles. The van der Waals surface area contributed by atoms with Crippen LogP contribution in [0.5, 0.6) is 0 Å². The molecule has 0 unspecified atom stereocenters. The smallest absolute Gasteiger partial charge is 0.0503 e. The van der Waals surface area contributed by atoms with Gasteiger partial charge >= 0.3 is 0 Å². The van der Waals surface area contributed by atoms with E-state index in [0.29, 0.717) is 0 Å². The molecule has 0 bridgehead atoms. The molecule has 0 N–H and O–H groups in total. The molecular formula is C46H37N. The Balaban J connectivity index is 1.23. The van der Waals surface area contributed by atoms with Crippen LogP contribution in [0.25, 0.3) is 44.2 Å². The van der Waals surface area contributed by atoms with Gasteiger partial charge in [0.15, 0.2) is 0 Å². The van der Waals surface area contributed by atoms with Crippen molar-refractivity contribution in [2.24, 2.45) is 0 Å². The highest BCUT2D eigenvalue weighted by molar-refractivity contribution is 6.05. The Morgan fingerprint density at radius 1 is 0.362 bits per heavy atom. The number of nitrogens with zero attached hydrogens (tertiary/aromatic N) is 1. The number of benzene rings is 7. The maximum absolute atomic E-state index is 2.50. The summed E-state index contributed by atoms with van der Waals surface area (Å²) in [7, 11) is 0. The fourth-order valence-corrected chi connectivity index (χ4v) is 8.40. The molecule has 47 heavy (non-hydrogen) atoms. The van der Waals surface area contributed by atoms with E-state index in [2.05, 4.69) is 184 Å². The van der Waals surface area contributed by atoms with Gasteiger partial charge in [-0.05, 0) is 96.7 Å². The lowest BCUT2D eigenvalue weighted by atomic mass is 9.72. The van der Waals surface area contributed by atoms with Gasteiger partial charge < -0.3 is 4.90 Å². The quantitative estimate of drug-likeness (QED) is 0.194. The molecule has 2 aliphatic rings. The average molecular weight is 604 g/mol. The van der Waals surface area contributed by atoms with Gasteiger partial charge in [-0.1, -0.05) is 149 Å². The molecule has 7 aromatic carbocycles. The highest BCUT2D eigenvalue weighted by Gasteiger charge is 2.39. The first-order valence-corrected chi connectivity index (χ1v) is 16.7. The summed E-state index contributed by atoms with van der Waals surface area (Å²) in [6.45, 7) is 9.49. The normalized spacial score (nSPS) is 15.1. The van der Waals surface area contributed by atoms with Gasteiger partial charge in [0.1, 0.15) is 0 Å². The van der Waals surface area contributed by atoms with Gasteiger partial charge in [0.05, 0.1) is 11.4 Å². The summed E-state index contributed by atoms with van der Waals surface area (Å²) in [5.41, 5.74) is 16.7. The van der Waals surface area contributed by atoms with Crippen LogP contribution in [-0.4, -0.2) is 0 Å². The molecule has 0 spiro atoms. The molecule has 0 fully saturated rings. The first-order chi connectivity index (χ1) is 22.8. The van der Waals surface area contributed by atoms with Gasteiger partial charge in [-0.25, -0.2) is 0 Å². The maximum Gasteiger partial charge on any atom is 0.0503 e. The van der Waals surface area contributed by atoms with Gasteiger partial charge in [0, 0.05) is 16.5 Å². The third-order valence-corrected chi connectivity index (χ3v) is 10.9. The van der Waals surface area contributed by atoms with Crippen molar-refractivity contribution in [1.29, 1.82) is 0 Å². The van der Waals surface area contributed by atoms with Crippen molar-refractivity contribution in [3.63, 3.8) is 0 Å². The van der Waals surface area contributed by atoms with Gasteiger partial charge in [0.25, 0.3) is 0 Å². The van der Waals surface area contributed by atoms with E-state index >= 15 is 0 Å². The Labute approximate surface area is 277 Å². The van der Waals surface area contributed by atoms with E-state index in [4.69, 9.17) is 0 Å². The highest BCUT2D eigenvalue weighted by Crippen LogP contribution is 2.55. The van der Waals surface area contributed by atoms with Crippen LogP contribution in [0.2, 0.25) is 0 Å². The van der Waals surface area contributed by atoms with Gasteiger partial charge in [-0.2, -0.15) is 0 Å². The highest BCUT2D eigenvalue weighted by atomic mass is 15.2. The fourth-order valence-electron chi connectivity index (χ4n) is 8.40. The average Bonchev–Trinajstić information content (AvgIpc) is 3.34. The van der Waals surface area contributed by atoms with Crippen LogP contribution in [0.15, 0.2) is 152 Å². The molecule has 226 valence electrons. The minimum absolute atomic E-state index is 0.0594. The monoisotopic (exact) mass is 603 g/mol. The van der Waals surface area contributed by atoms with Crippen molar-refractivity contribution in [3.05, 3.63) is 174 Å². The van der Waals surface area contributed by atoms with Crippen molar-refractivity contribution in [2.45, 2.75) is 38.5 Å². The standard InChI is InChI=1S/C46H37N/c1-45(2)39-19-11-10-18-37(39)38-24-23-32(29-41(38)45)47-43-21-13-12-20-40(43)46(3,4)42-28-31(22-27-44(42)47)34-26-25-33(30-14-6-5-7-15-30)35-16-8-9-17-36(34)35/h5-29H,1-4H3. The Morgan fingerprint density at radius 3 is 1.68 bits per heavy atom. The second kappa shape index (κ2) is 10.0. The molecular weight excluding hydrogens is 567 g/mol. The number of anilines is 3. The van der Waals surface area contributed by atoms with Gasteiger partial charge in [-0.15, -0.1) is 0 Å². The molecule has 1 heterocycles. The Bertz CT molecular complexity index is 2360. The van der Waals surface area contributed by atoms with Crippen molar-refractivity contribution in [2.75, 3.05) is 4.90 Å². The molecule has 0 amide bonds. The predicted molar refractivity (Wildman–Crippen MR) is 199 cm³/mol. The minimum Gasteiger partial charge on any atom is -0.310 e. The lowest BCUT2D eigenvalue weighted by Crippen LogP contribution is -2.30. The van der Waals surface area contributed by atoms with E-state index in [1.807, 2.05) is 0 Å². The zero-order valence-corrected chi connectivity index (χ0v) is 27.4. The van der Waals surface area contributed by atoms with Crippen molar-refractivity contribution >= 4 is 27.8 Å². The topological polar surface area (TPSA) is 3.24 Å². The maximum atomic E-state index is 2.50. The Morgan fingerprint density at radius 2 is 0.915 bits per heavy atom. The lowest BCUT2D eigenvalue weighted by Gasteiger charge is -2.42. The second-order valence-electron chi connectivity index (χ2n) is 14.2. The molecule has 9 rings (SSSR count). The number of hydrogen-bond donors (Lipinski definition) is 0. The van der Waals surface area contributed by atoms with Crippen molar-refractivity contribution in [1.82, 2.24) is 0 Å². The number of hydrogen-bond acceptors (Lipinski definition) is 1. The van der Waals surface area contributed by atoms with E-state index in [0.717, 1.165) is 0 Å². The SMILES string of the molecule is CC1(C)c2ccccc2-c2ccc(N3c4ccccc4C(C)(C)c4cc(-c5ccc(-c6ccccc6)c6ccccc56)ccc43)cc21. The summed E-state index contributed by atoms with van der Waals surface area (Å²) in [4.78, 5) is 2.50. The molecule has 0 saturated heterocycles. The van der Waals surface area contributed by atoms with Crippen LogP contribution < -0.4 is 4.90 Å². The molecule has 1 heteroatoms. The third-order valence-electron chi connectivity index (χ3n) is 10.9. The zero-order chi connectivity index (χ0) is 31.9. The van der Waals surface area contributed by atoms with E-state index in [-0.39, 0.29) is 10.8 Å². The largest absolute Gasteiger partial charge is 0.310 e. The Kier molecular flexibility index (Phi) is 5.96. The number of fused-ring (bicyclic) bond motifs is 6. The van der Waals surface area contributed by atoms with Crippen LogP contribution in [-0.2, 0) is 10.8 Å². The Hall–Kier alpha value is -5.40. The molecule has 0 atom stereocenters. The third kappa shape index (κ3) is 4.02. The second-order valence-corrected chi connectivity index (χ2v) is 14.2. The van der Waals surface area contributed by atoms with E-state index < -0.39 is 0 Å². The van der Waals surface area contributed by atoms with Crippen LogP contribution in [0, 0.1) is 0 Å². The van der Waals surface area contributed by atoms with Crippen LogP contribution in [0.4, 0.5) is 17.1 Å². The van der Waals surface area contributed by atoms with Crippen LogP contribution in [0.3, 0.4) is 0 Å². The van der Waals surface area contributed by atoms with Crippen molar-refractivity contribution < 1.29 is 0 Å². The molecule has 0 radical (unpaired) electrons. The van der Waals surface area contributed by atoms with Crippen LogP contribution in [0.1, 0.15) is 49.9 Å². The number of para-hydroxylation sites is 1. The van der Waals surface area contributed by atoms with E-state index in [1.165, 1.54) is 83.5 Å². The summed E-state index contributed by atoms with van der Waals surface area (Å²) in [6, 6.07) is 56.3. The first-order valence-electron chi connectivity index (χ1n) is 16.7. The first kappa shape index (κ1) is 27.9. The fraction of sp³-hybridized carbons (Fsp3) is 0.130. The van der Waals surface area contributed by atoms with E-state index in [9.17, 15) is 0 Å². The zero-order valence-electron chi connectivity index (χ0n) is 27.4. The van der Waals surface area contributed by atoms with Crippen molar-refractivity contribution in [3.8, 4) is 33.4 Å². The molecule has 0 saturated carbocycles. The van der Waals surface area contributed by atoms with E-state index in [1.54, 1.807) is 0 Å². The van der Waals surface area contributed by atoms with Gasteiger partial charge in [0.2, 0.25) is 0 Å². The summed E-state index contributed by atoms with van der Waals surface area (Å²) in [5.74, 6) is 0. The van der Waals surface area contributed by atoms with Gasteiger partial charge in [-0.3, -0.25) is 0 Å². The number of rotatable bonds is 3. The van der Waals surface area contributed by atoms with Crippen LogP contribution >= 0.6 is 0 Å². The lowest BCUT2D eigenvalue weighted by molar-refractivity contribution is 0.632. The molecule has 1 nitrogen and oxygen atoms in total. The summed E-state index contributed by atoms with van der Waals surface area (Å²) >= 11 is 0. The summed E-state index contributed by atoms with van der Waals surface area (Å²) in [6.07, 6.45) is 0. The summed E-state index contributed by atoms with van der Waals surface area (Å²) < 4.78 is 0. The molecule has 7 aromatic rings. The molecule has 0 aromatic heterocycles. The summed E-state index contributed by atoms with van der Waals surface area (Å²) in [5, 5.41) is 2.56. The molecule has 1 aliphatic carbocycles. The minimum atomic E-state index is -0.176. The predicted octanol–water partition coefficient (Wildman–Crippen LogP) is 12.6.